The smallest absolute Gasteiger partial charge is 0.293 e. The first-order chi connectivity index (χ1) is 9.55. The minimum Gasteiger partial charge on any atom is -0.396 e. The van der Waals surface area contributed by atoms with E-state index in [2.05, 4.69) is 5.32 Å². The molecular weight excluding hydrogens is 262 g/mol. The van der Waals surface area contributed by atoms with Gasteiger partial charge in [0.25, 0.3) is 5.69 Å². The van der Waals surface area contributed by atoms with Crippen LogP contribution in [0.25, 0.3) is 0 Å². The number of benzene rings is 1. The molecule has 1 fully saturated rings. The number of anilines is 1. The first-order valence-electron chi connectivity index (χ1n) is 6.21. The number of nitrogens with zero attached hydrogens (tertiary/aromatic N) is 2. The van der Waals surface area contributed by atoms with E-state index in [-0.39, 0.29) is 36.2 Å². The summed E-state index contributed by atoms with van der Waals surface area (Å²) in [6, 6.07) is 6.15. The third kappa shape index (κ3) is 2.43. The average molecular weight is 277 g/mol. The highest BCUT2D eigenvalue weighted by atomic mass is 16.6. The minimum atomic E-state index is -0.535. The predicted octanol–water partition coefficient (Wildman–Crippen LogP) is 1.01. The number of hydrogen-bond donors (Lipinski definition) is 3. The van der Waals surface area contributed by atoms with Gasteiger partial charge in [-0.05, 0) is 18.9 Å². The molecule has 0 bridgehead atoms. The highest BCUT2D eigenvalue weighted by Gasteiger charge is 2.44. The number of rotatable bonds is 5. The van der Waals surface area contributed by atoms with Crippen molar-refractivity contribution in [3.63, 3.8) is 0 Å². The lowest BCUT2D eigenvalue weighted by Crippen LogP contribution is -2.49. The average Bonchev–Trinajstić information content (AvgIpc) is 2.42. The second-order valence-electron chi connectivity index (χ2n) is 5.13. The SMILES string of the molecule is N#Cc1cccc([N+](=O)[O-])c1NC1CC(CO)(CO)C1. The number of nitro groups is 1. The van der Waals surface area contributed by atoms with Crippen molar-refractivity contribution in [1.29, 1.82) is 5.26 Å². The molecule has 1 aliphatic carbocycles. The molecule has 0 unspecified atom stereocenters. The van der Waals surface area contributed by atoms with Crippen molar-refractivity contribution >= 4 is 11.4 Å². The molecular formula is C13H15N3O4. The van der Waals surface area contributed by atoms with Crippen molar-refractivity contribution < 1.29 is 15.1 Å². The standard InChI is InChI=1S/C13H15N3O4/c14-6-9-2-1-3-11(16(19)20)12(9)15-10-4-13(5-10,7-17)8-18/h1-3,10,15,17-18H,4-5,7-8H2. The van der Waals surface area contributed by atoms with E-state index >= 15 is 0 Å². The summed E-state index contributed by atoms with van der Waals surface area (Å²) < 4.78 is 0. The molecule has 0 amide bonds. The lowest BCUT2D eigenvalue weighted by atomic mass is 9.66. The number of nitrogens with one attached hydrogen (secondary N) is 1. The Morgan fingerprint density at radius 1 is 1.45 bits per heavy atom. The summed E-state index contributed by atoms with van der Waals surface area (Å²) in [6.07, 6.45) is 1.02. The van der Waals surface area contributed by atoms with Crippen molar-refractivity contribution in [2.24, 2.45) is 5.41 Å². The van der Waals surface area contributed by atoms with Crippen LogP contribution in [0.5, 0.6) is 0 Å². The Morgan fingerprint density at radius 2 is 2.10 bits per heavy atom. The zero-order valence-corrected chi connectivity index (χ0v) is 10.7. The highest BCUT2D eigenvalue weighted by molar-refractivity contribution is 5.70. The molecule has 20 heavy (non-hydrogen) atoms. The van der Waals surface area contributed by atoms with Crippen molar-refractivity contribution in [3.8, 4) is 6.07 Å². The number of hydrogen-bond acceptors (Lipinski definition) is 6. The quantitative estimate of drug-likeness (QED) is 0.546. The van der Waals surface area contributed by atoms with E-state index in [0.29, 0.717) is 12.8 Å². The van der Waals surface area contributed by atoms with E-state index in [4.69, 9.17) is 5.26 Å². The summed E-state index contributed by atoms with van der Waals surface area (Å²) in [5.74, 6) is 0. The van der Waals surface area contributed by atoms with Crippen LogP contribution in [0.2, 0.25) is 0 Å². The number of nitriles is 1. The Balaban J connectivity index is 2.19. The van der Waals surface area contributed by atoms with E-state index in [1.807, 2.05) is 6.07 Å². The van der Waals surface area contributed by atoms with Crippen LogP contribution >= 0.6 is 0 Å². The summed E-state index contributed by atoms with van der Waals surface area (Å²) >= 11 is 0. The highest BCUT2D eigenvalue weighted by Crippen LogP contribution is 2.43. The maximum absolute atomic E-state index is 11.0. The molecule has 1 saturated carbocycles. The zero-order valence-electron chi connectivity index (χ0n) is 10.7. The van der Waals surface area contributed by atoms with E-state index in [9.17, 15) is 20.3 Å². The molecule has 3 N–H and O–H groups in total. The number of para-hydroxylation sites is 1. The molecule has 0 heterocycles. The lowest BCUT2D eigenvalue weighted by molar-refractivity contribution is -0.384. The molecule has 1 aromatic carbocycles. The van der Waals surface area contributed by atoms with Crippen molar-refractivity contribution in [1.82, 2.24) is 0 Å². The molecule has 0 spiro atoms. The molecule has 7 nitrogen and oxygen atoms in total. The Morgan fingerprint density at radius 3 is 2.60 bits per heavy atom. The van der Waals surface area contributed by atoms with Gasteiger partial charge in [-0.2, -0.15) is 5.26 Å². The van der Waals surface area contributed by atoms with Gasteiger partial charge >= 0.3 is 0 Å². The lowest BCUT2D eigenvalue weighted by Gasteiger charge is -2.45. The molecule has 0 aromatic heterocycles. The van der Waals surface area contributed by atoms with Crippen LogP contribution in [0.15, 0.2) is 18.2 Å². The number of aliphatic hydroxyl groups is 2. The van der Waals surface area contributed by atoms with E-state index in [1.165, 1.54) is 18.2 Å². The van der Waals surface area contributed by atoms with Crippen LogP contribution in [-0.2, 0) is 0 Å². The van der Waals surface area contributed by atoms with Crippen molar-refractivity contribution in [2.45, 2.75) is 18.9 Å². The molecule has 0 radical (unpaired) electrons. The summed E-state index contributed by atoms with van der Waals surface area (Å²) in [7, 11) is 0. The molecule has 1 aromatic rings. The maximum atomic E-state index is 11.0. The molecule has 0 atom stereocenters. The van der Waals surface area contributed by atoms with Crippen LogP contribution < -0.4 is 5.32 Å². The first-order valence-corrected chi connectivity index (χ1v) is 6.21. The third-order valence-electron chi connectivity index (χ3n) is 3.74. The van der Waals surface area contributed by atoms with Crippen molar-refractivity contribution in [3.05, 3.63) is 33.9 Å². The third-order valence-corrected chi connectivity index (χ3v) is 3.74. The maximum Gasteiger partial charge on any atom is 0.293 e. The Labute approximate surface area is 115 Å². The summed E-state index contributed by atoms with van der Waals surface area (Å²) in [5.41, 5.74) is -0.248. The molecule has 106 valence electrons. The molecule has 0 aliphatic heterocycles. The van der Waals surface area contributed by atoms with Gasteiger partial charge in [0.05, 0.1) is 23.7 Å². The van der Waals surface area contributed by atoms with Crippen LogP contribution in [0.4, 0.5) is 11.4 Å². The second-order valence-corrected chi connectivity index (χ2v) is 5.13. The van der Waals surface area contributed by atoms with E-state index < -0.39 is 10.3 Å². The number of aliphatic hydroxyl groups excluding tert-OH is 2. The normalized spacial score (nSPS) is 17.1. The van der Waals surface area contributed by atoms with Gasteiger partial charge in [-0.3, -0.25) is 10.1 Å². The van der Waals surface area contributed by atoms with Gasteiger partial charge in [-0.25, -0.2) is 0 Å². The number of nitro benzene ring substituents is 1. The molecule has 7 heteroatoms. The van der Waals surface area contributed by atoms with Gasteiger partial charge in [-0.1, -0.05) is 6.07 Å². The van der Waals surface area contributed by atoms with Gasteiger partial charge in [0.15, 0.2) is 0 Å². The molecule has 1 aliphatic rings. The van der Waals surface area contributed by atoms with Gasteiger partial charge in [-0.15, -0.1) is 0 Å². The summed E-state index contributed by atoms with van der Waals surface area (Å²) in [6.45, 7) is -0.243. The predicted molar refractivity (Wildman–Crippen MR) is 71.1 cm³/mol. The fraction of sp³-hybridized carbons (Fsp3) is 0.462. The molecule has 2 rings (SSSR count). The van der Waals surface area contributed by atoms with E-state index in [0.717, 1.165) is 0 Å². The van der Waals surface area contributed by atoms with Crippen LogP contribution in [0.1, 0.15) is 18.4 Å². The van der Waals surface area contributed by atoms with Gasteiger partial charge < -0.3 is 15.5 Å². The summed E-state index contributed by atoms with van der Waals surface area (Å²) in [5, 5.41) is 41.4. The summed E-state index contributed by atoms with van der Waals surface area (Å²) in [4.78, 5) is 10.5. The first kappa shape index (κ1) is 14.2. The Hall–Kier alpha value is -2.17. The van der Waals surface area contributed by atoms with Crippen LogP contribution in [0, 0.1) is 26.9 Å². The molecule has 0 saturated heterocycles. The minimum absolute atomic E-state index is 0.0949. The largest absolute Gasteiger partial charge is 0.396 e. The Kier molecular flexibility index (Phi) is 3.88. The van der Waals surface area contributed by atoms with Crippen molar-refractivity contribution in [2.75, 3.05) is 18.5 Å². The second kappa shape index (κ2) is 5.45. The van der Waals surface area contributed by atoms with Gasteiger partial charge in [0.2, 0.25) is 0 Å². The van der Waals surface area contributed by atoms with Gasteiger partial charge in [0.1, 0.15) is 11.8 Å². The zero-order chi connectivity index (χ0) is 14.8. The Bertz CT molecular complexity index is 555. The van der Waals surface area contributed by atoms with Gasteiger partial charge in [0, 0.05) is 17.5 Å². The van der Waals surface area contributed by atoms with E-state index in [1.54, 1.807) is 0 Å². The fourth-order valence-electron chi connectivity index (χ4n) is 2.54. The fourth-order valence-corrected chi connectivity index (χ4v) is 2.54. The topological polar surface area (TPSA) is 119 Å². The van der Waals surface area contributed by atoms with Crippen LogP contribution in [0.3, 0.4) is 0 Å². The monoisotopic (exact) mass is 277 g/mol. The van der Waals surface area contributed by atoms with Crippen LogP contribution in [-0.4, -0.2) is 34.4 Å².